The molecule has 5 heteroatoms. The number of Topliss-reactive ketones (excluding diaryl/α,β-unsaturated/α-hetero) is 2. The topological polar surface area (TPSA) is 61.8 Å². The lowest BCUT2D eigenvalue weighted by atomic mass is 9.75. The first-order valence-electron chi connectivity index (χ1n) is 13.0. The predicted molar refractivity (Wildman–Crippen MR) is 152 cm³/mol. The molecule has 0 radical (unpaired) electrons. The molecule has 5 rings (SSSR count). The van der Waals surface area contributed by atoms with E-state index in [9.17, 15) is 9.59 Å². The molecule has 1 aliphatic rings. The van der Waals surface area contributed by atoms with Gasteiger partial charge >= 0.3 is 0 Å². The summed E-state index contributed by atoms with van der Waals surface area (Å²) in [6.45, 7) is 6.87. The average molecular weight is 521 g/mol. The maximum atomic E-state index is 12.7. The number of carbonyl (C=O) groups is 2. The van der Waals surface area contributed by atoms with Crippen molar-refractivity contribution in [3.8, 4) is 23.0 Å². The molecule has 4 aromatic rings. The highest BCUT2D eigenvalue weighted by atomic mass is 16.5. The third kappa shape index (κ3) is 4.92. The van der Waals surface area contributed by atoms with Gasteiger partial charge in [-0.05, 0) is 101 Å². The number of rotatable bonds is 8. The lowest BCUT2D eigenvalue weighted by Crippen LogP contribution is -2.23. The van der Waals surface area contributed by atoms with Crippen molar-refractivity contribution >= 4 is 11.6 Å². The molecular formula is C34H32O5. The maximum absolute atomic E-state index is 12.7. The highest BCUT2D eigenvalue weighted by Crippen LogP contribution is 2.53. The molecule has 4 aromatic carbocycles. The maximum Gasteiger partial charge on any atom is 0.233 e. The molecule has 0 amide bonds. The van der Waals surface area contributed by atoms with E-state index in [1.165, 1.54) is 16.7 Å². The molecule has 0 saturated heterocycles. The van der Waals surface area contributed by atoms with Crippen molar-refractivity contribution in [1.29, 1.82) is 0 Å². The van der Waals surface area contributed by atoms with Crippen molar-refractivity contribution < 1.29 is 23.8 Å². The van der Waals surface area contributed by atoms with Crippen LogP contribution in [0.25, 0.3) is 0 Å². The first-order valence-corrected chi connectivity index (χ1v) is 13.0. The predicted octanol–water partition coefficient (Wildman–Crippen LogP) is 7.55. The summed E-state index contributed by atoms with van der Waals surface area (Å²) in [7, 11) is 3.25. The Hall–Kier alpha value is -4.38. The van der Waals surface area contributed by atoms with Gasteiger partial charge < -0.3 is 14.2 Å². The molecular weight excluding hydrogens is 488 g/mol. The summed E-state index contributed by atoms with van der Waals surface area (Å²) in [5.41, 5.74) is 4.40. The molecule has 0 N–H and O–H groups in total. The van der Waals surface area contributed by atoms with Gasteiger partial charge in [-0.1, -0.05) is 39.0 Å². The van der Waals surface area contributed by atoms with Crippen LogP contribution in [0.4, 0.5) is 0 Å². The number of ketones is 2. The second-order valence-corrected chi connectivity index (χ2v) is 10.8. The van der Waals surface area contributed by atoms with E-state index in [1.54, 1.807) is 62.8 Å². The number of benzene rings is 4. The number of hydrogen-bond acceptors (Lipinski definition) is 5. The van der Waals surface area contributed by atoms with Gasteiger partial charge in [0.05, 0.1) is 14.2 Å². The number of ether oxygens (including phenoxy) is 3. The van der Waals surface area contributed by atoms with E-state index in [4.69, 9.17) is 14.2 Å². The van der Waals surface area contributed by atoms with Crippen LogP contribution in [0.1, 0.15) is 64.6 Å². The lowest BCUT2D eigenvalue weighted by molar-refractivity contribution is 0.0817. The first-order chi connectivity index (χ1) is 18.6. The lowest BCUT2D eigenvalue weighted by Gasteiger charge is -2.28. The van der Waals surface area contributed by atoms with E-state index >= 15 is 0 Å². The molecule has 0 unspecified atom stereocenters. The minimum Gasteiger partial charge on any atom is -0.497 e. The molecule has 0 aromatic heterocycles. The van der Waals surface area contributed by atoms with Crippen LogP contribution in [-0.4, -0.2) is 25.8 Å². The molecule has 198 valence electrons. The highest BCUT2D eigenvalue weighted by molar-refractivity contribution is 6.49. The van der Waals surface area contributed by atoms with Crippen LogP contribution < -0.4 is 14.2 Å². The zero-order valence-corrected chi connectivity index (χ0v) is 22.9. The molecule has 0 bridgehead atoms. The van der Waals surface area contributed by atoms with Crippen LogP contribution in [0, 0.1) is 0 Å². The van der Waals surface area contributed by atoms with Gasteiger partial charge in [0.1, 0.15) is 23.0 Å². The third-order valence-corrected chi connectivity index (χ3v) is 7.75. The molecule has 0 spiro atoms. The van der Waals surface area contributed by atoms with Crippen LogP contribution >= 0.6 is 0 Å². The van der Waals surface area contributed by atoms with E-state index in [-0.39, 0.29) is 10.8 Å². The summed E-state index contributed by atoms with van der Waals surface area (Å²) in [4.78, 5) is 25.3. The monoisotopic (exact) mass is 520 g/mol. The van der Waals surface area contributed by atoms with Crippen molar-refractivity contribution in [1.82, 2.24) is 0 Å². The van der Waals surface area contributed by atoms with Crippen LogP contribution in [0.2, 0.25) is 0 Å². The summed E-state index contributed by atoms with van der Waals surface area (Å²) >= 11 is 0. The van der Waals surface area contributed by atoms with Gasteiger partial charge in [0, 0.05) is 16.5 Å². The molecule has 5 nitrogen and oxygen atoms in total. The summed E-state index contributed by atoms with van der Waals surface area (Å²) in [5, 5.41) is 0. The van der Waals surface area contributed by atoms with Crippen LogP contribution in [0.5, 0.6) is 23.0 Å². The average Bonchev–Trinajstić information content (AvgIpc) is 3.18. The normalized spacial score (nSPS) is 17.3. The Kier molecular flexibility index (Phi) is 6.77. The van der Waals surface area contributed by atoms with Crippen molar-refractivity contribution in [3.05, 3.63) is 119 Å². The second-order valence-electron chi connectivity index (χ2n) is 10.8. The molecule has 1 aliphatic carbocycles. The Balaban J connectivity index is 1.30. The Morgan fingerprint density at radius 2 is 1.05 bits per heavy atom. The SMILES string of the molecule is COc1ccc(C(=O)C(=O)c2ccc(Oc3ccc([C@]4(C)CC(C)(C)c5ccc(OC)cc54)cc3)cc2)cc1. The first kappa shape index (κ1) is 26.2. The van der Waals surface area contributed by atoms with E-state index in [0.29, 0.717) is 28.4 Å². The summed E-state index contributed by atoms with van der Waals surface area (Å²) in [6, 6.07) is 27.7. The molecule has 1 atom stereocenters. The van der Waals surface area contributed by atoms with Gasteiger partial charge in [-0.2, -0.15) is 0 Å². The summed E-state index contributed by atoms with van der Waals surface area (Å²) in [5.74, 6) is 1.63. The van der Waals surface area contributed by atoms with Gasteiger partial charge in [0.2, 0.25) is 11.6 Å². The van der Waals surface area contributed by atoms with Gasteiger partial charge in [-0.15, -0.1) is 0 Å². The Labute approximate surface area is 229 Å². The van der Waals surface area contributed by atoms with E-state index in [0.717, 1.165) is 12.2 Å². The molecule has 0 heterocycles. The van der Waals surface area contributed by atoms with Crippen molar-refractivity contribution in [2.24, 2.45) is 0 Å². The van der Waals surface area contributed by atoms with Crippen molar-refractivity contribution in [3.63, 3.8) is 0 Å². The third-order valence-electron chi connectivity index (χ3n) is 7.75. The van der Waals surface area contributed by atoms with Crippen LogP contribution in [-0.2, 0) is 10.8 Å². The zero-order valence-electron chi connectivity index (χ0n) is 22.9. The Bertz CT molecular complexity index is 1520. The fraction of sp³-hybridized carbons (Fsp3) is 0.235. The fourth-order valence-electron chi connectivity index (χ4n) is 5.73. The van der Waals surface area contributed by atoms with Crippen LogP contribution in [0.15, 0.2) is 91.0 Å². The minimum atomic E-state index is -0.569. The number of fused-ring (bicyclic) bond motifs is 1. The minimum absolute atomic E-state index is 0.0550. The van der Waals surface area contributed by atoms with Gasteiger partial charge in [0.25, 0.3) is 0 Å². The highest BCUT2D eigenvalue weighted by Gasteiger charge is 2.45. The van der Waals surface area contributed by atoms with E-state index in [2.05, 4.69) is 45.0 Å². The van der Waals surface area contributed by atoms with Crippen LogP contribution in [0.3, 0.4) is 0 Å². The summed E-state index contributed by atoms with van der Waals surface area (Å²) in [6.07, 6.45) is 0.993. The van der Waals surface area contributed by atoms with Gasteiger partial charge in [-0.25, -0.2) is 0 Å². The second kappa shape index (κ2) is 10.1. The standard InChI is InChI=1S/C34H32O5/c1-33(2)21-34(3,30-20-28(38-5)18-19-29(30)33)24-10-16-27(17-11-24)39-26-14-8-23(9-15-26)32(36)31(35)22-6-12-25(37-4)13-7-22/h6-20H,21H2,1-5H3/t34-/m0/s1. The Morgan fingerprint density at radius 1 is 0.590 bits per heavy atom. The number of carbonyl (C=O) groups excluding carboxylic acids is 2. The van der Waals surface area contributed by atoms with E-state index < -0.39 is 11.6 Å². The molecule has 0 saturated carbocycles. The van der Waals surface area contributed by atoms with Crippen molar-refractivity contribution in [2.75, 3.05) is 14.2 Å². The Morgan fingerprint density at radius 3 is 1.56 bits per heavy atom. The smallest absolute Gasteiger partial charge is 0.233 e. The summed E-state index contributed by atoms with van der Waals surface area (Å²) < 4.78 is 16.7. The quantitative estimate of drug-likeness (QED) is 0.177. The fourth-order valence-corrected chi connectivity index (χ4v) is 5.73. The number of methoxy groups -OCH3 is 2. The largest absolute Gasteiger partial charge is 0.497 e. The van der Waals surface area contributed by atoms with E-state index in [1.807, 2.05) is 18.2 Å². The van der Waals surface area contributed by atoms with Gasteiger partial charge in [-0.3, -0.25) is 9.59 Å². The zero-order chi connectivity index (χ0) is 27.8. The van der Waals surface area contributed by atoms with Crippen molar-refractivity contribution in [2.45, 2.75) is 38.0 Å². The van der Waals surface area contributed by atoms with Gasteiger partial charge in [0.15, 0.2) is 0 Å². The molecule has 0 aliphatic heterocycles. The molecule has 0 fully saturated rings. The molecule has 39 heavy (non-hydrogen) atoms. The number of hydrogen-bond donors (Lipinski definition) is 0.